The quantitative estimate of drug-likeness (QED) is 0.0527. The predicted octanol–water partition coefficient (Wildman–Crippen LogP) is 8.91. The van der Waals surface area contributed by atoms with Gasteiger partial charge in [0.2, 0.25) is 17.7 Å². The van der Waals surface area contributed by atoms with Gasteiger partial charge in [-0.15, -0.1) is 11.3 Å². The molecule has 1 saturated heterocycles. The first-order chi connectivity index (χ1) is 33.7. The Morgan fingerprint density at radius 3 is 2.30 bits per heavy atom. The molecule has 71 heavy (non-hydrogen) atoms. The molecule has 7 rings (SSSR count). The summed E-state index contributed by atoms with van der Waals surface area (Å²) in [5.41, 5.74) is 4.72. The maximum atomic E-state index is 16.0. The number of aliphatic hydroxyl groups is 1. The molecule has 1 fully saturated rings. The molecule has 0 bridgehead atoms. The minimum atomic E-state index is -1.60. The lowest BCUT2D eigenvalue weighted by Gasteiger charge is -2.43. The number of amides is 3. The number of thiazole rings is 1. The molecule has 0 spiro atoms. The molecule has 3 aromatic carbocycles. The van der Waals surface area contributed by atoms with Gasteiger partial charge in [-0.1, -0.05) is 63.2 Å². The van der Waals surface area contributed by atoms with Crippen molar-refractivity contribution in [3.05, 3.63) is 106 Å². The number of carbonyl (C=O) groups is 3. The molecule has 384 valence electrons. The second-order valence-corrected chi connectivity index (χ2v) is 21.5. The summed E-state index contributed by atoms with van der Waals surface area (Å²) in [7, 11) is 0. The van der Waals surface area contributed by atoms with Crippen molar-refractivity contribution in [2.24, 2.45) is 5.41 Å². The average molecular weight is 1000 g/mol. The fourth-order valence-electron chi connectivity index (χ4n) is 9.65. The number of aliphatic hydroxyl groups excluding tert-OH is 1. The van der Waals surface area contributed by atoms with Crippen molar-refractivity contribution in [1.29, 1.82) is 0 Å². The highest BCUT2D eigenvalue weighted by molar-refractivity contribution is 7.13. The number of nitrogens with one attached hydrogen (secondary N) is 3. The van der Waals surface area contributed by atoms with Crippen LogP contribution in [0, 0.1) is 24.0 Å². The Labute approximate surface area is 418 Å². The Morgan fingerprint density at radius 2 is 1.62 bits per heavy atom. The van der Waals surface area contributed by atoms with Crippen LogP contribution in [-0.4, -0.2) is 119 Å². The molecular weight excluding hydrogens is 934 g/mol. The number of H-pyrrole nitrogens is 1. The van der Waals surface area contributed by atoms with E-state index in [2.05, 4.69) is 20.6 Å². The van der Waals surface area contributed by atoms with Crippen LogP contribution in [0.25, 0.3) is 21.3 Å². The van der Waals surface area contributed by atoms with Gasteiger partial charge < -0.3 is 39.8 Å². The molecule has 5 aromatic rings. The number of hydrogen-bond donors (Lipinski definition) is 4. The standard InChI is InChI=1S/C54H69F3N6O7S/c1-32-24-40-39-14-9-10-15-43(39)60-47(40)48(63(32)30-54(7,8)57)46-41(55)26-38(27-42(46)56)70-23-12-11-20-68-21-13-22-69-29-45(65)61-50(53(4,5)6)52(67)62-28-37(64)25-44(62)51(66)59-33(2)35-16-18-36(19-17-35)49-34(3)58-31-71-49/h9-10,14-19,26-27,31-33,37,44,48,50,60,64H,11-13,20-25,28-30H2,1-8H3,(H,59,66)(H,61,65)/t32-,33+,37-,44+,48-,50?/m1/s1. The van der Waals surface area contributed by atoms with Crippen LogP contribution in [0.4, 0.5) is 13.2 Å². The van der Waals surface area contributed by atoms with Crippen molar-refractivity contribution in [2.75, 3.05) is 46.1 Å². The summed E-state index contributed by atoms with van der Waals surface area (Å²) in [4.78, 5) is 52.8. The van der Waals surface area contributed by atoms with Gasteiger partial charge in [0.05, 0.1) is 40.9 Å². The SMILES string of the molecule is Cc1ncsc1-c1ccc([C@H](C)NC(=O)[C@@H]2C[C@@H](O)CN2C(=O)C(NC(=O)COCCCOCCCCOc2cc(F)c([C@@H]3c4[nH]c5ccccc5c4C[C@@H](C)N3CC(C)(C)F)c(F)c2)C(C)(C)C)cc1. The number of nitrogens with zero attached hydrogens (tertiary/aromatic N) is 3. The number of carbonyl (C=O) groups excluding carboxylic acids is 3. The van der Waals surface area contributed by atoms with E-state index in [1.807, 2.05) is 95.0 Å². The topological polar surface area (TPSA) is 158 Å². The van der Waals surface area contributed by atoms with E-state index in [9.17, 15) is 19.5 Å². The highest BCUT2D eigenvalue weighted by Gasteiger charge is 2.45. The van der Waals surface area contributed by atoms with Crippen molar-refractivity contribution in [3.63, 3.8) is 0 Å². The van der Waals surface area contributed by atoms with E-state index in [-0.39, 0.29) is 68.6 Å². The van der Waals surface area contributed by atoms with Gasteiger partial charge in [0.25, 0.3) is 0 Å². The number of likely N-dealkylation sites (tertiary alicyclic amines) is 1. The Kier molecular flexibility index (Phi) is 17.4. The average Bonchev–Trinajstić information content (AvgIpc) is 4.03. The third kappa shape index (κ3) is 13.2. The molecule has 4 N–H and O–H groups in total. The van der Waals surface area contributed by atoms with E-state index in [1.165, 1.54) is 30.9 Å². The number of para-hydroxylation sites is 1. The molecule has 3 amide bonds. The highest BCUT2D eigenvalue weighted by Crippen LogP contribution is 2.44. The molecule has 13 nitrogen and oxygen atoms in total. The summed E-state index contributed by atoms with van der Waals surface area (Å²) in [5, 5.41) is 17.4. The lowest BCUT2D eigenvalue weighted by atomic mass is 9.85. The van der Waals surface area contributed by atoms with E-state index < -0.39 is 58.8 Å². The summed E-state index contributed by atoms with van der Waals surface area (Å²) in [6.07, 6.45) is 1.49. The summed E-state index contributed by atoms with van der Waals surface area (Å²) in [6.45, 7) is 15.1. The molecule has 1 unspecified atom stereocenters. The molecular formula is C54H69F3N6O7S. The van der Waals surface area contributed by atoms with Gasteiger partial charge in [0.1, 0.15) is 41.7 Å². The normalized spacial score (nSPS) is 19.4. The maximum absolute atomic E-state index is 16.0. The summed E-state index contributed by atoms with van der Waals surface area (Å²) in [6, 6.07) is 14.7. The van der Waals surface area contributed by atoms with Crippen molar-refractivity contribution >= 4 is 40.0 Å². The number of β-amino-alcohol motifs (C(OH)–C–C–N with tert-alkyl or cyclic N) is 1. The Hall–Kier alpha value is -5.33. The zero-order valence-electron chi connectivity index (χ0n) is 42.1. The Bertz CT molecular complexity index is 2600. The molecule has 0 radical (unpaired) electrons. The van der Waals surface area contributed by atoms with Crippen LogP contribution in [0.2, 0.25) is 0 Å². The first kappa shape index (κ1) is 53.5. The minimum Gasteiger partial charge on any atom is -0.493 e. The zero-order chi connectivity index (χ0) is 51.2. The van der Waals surface area contributed by atoms with Crippen LogP contribution in [0.1, 0.15) is 114 Å². The van der Waals surface area contributed by atoms with E-state index in [1.54, 1.807) is 16.8 Å². The van der Waals surface area contributed by atoms with E-state index >= 15 is 13.2 Å². The van der Waals surface area contributed by atoms with Crippen LogP contribution in [0.5, 0.6) is 5.75 Å². The summed E-state index contributed by atoms with van der Waals surface area (Å²) < 4.78 is 64.3. The fourth-order valence-corrected chi connectivity index (χ4v) is 10.5. The van der Waals surface area contributed by atoms with E-state index in [4.69, 9.17) is 14.2 Å². The lowest BCUT2D eigenvalue weighted by molar-refractivity contribution is -0.144. The van der Waals surface area contributed by atoms with Gasteiger partial charge in [0, 0.05) is 79.7 Å². The van der Waals surface area contributed by atoms with E-state index in [0.717, 1.165) is 38.2 Å². The lowest BCUT2D eigenvalue weighted by Crippen LogP contribution is -2.58. The van der Waals surface area contributed by atoms with Crippen molar-refractivity contribution in [3.8, 4) is 16.2 Å². The highest BCUT2D eigenvalue weighted by atomic mass is 32.1. The minimum absolute atomic E-state index is 0.0107. The first-order valence-corrected chi connectivity index (χ1v) is 25.5. The smallest absolute Gasteiger partial charge is 0.246 e. The first-order valence-electron chi connectivity index (χ1n) is 24.6. The van der Waals surface area contributed by atoms with Crippen LogP contribution in [0.3, 0.4) is 0 Å². The number of halogens is 3. The van der Waals surface area contributed by atoms with Crippen LogP contribution >= 0.6 is 11.3 Å². The van der Waals surface area contributed by atoms with Crippen molar-refractivity contribution in [2.45, 2.75) is 129 Å². The number of rotatable bonds is 21. The van der Waals surface area contributed by atoms with Crippen LogP contribution < -0.4 is 15.4 Å². The fraction of sp³-hybridized carbons (Fsp3) is 0.519. The molecule has 2 aliphatic heterocycles. The van der Waals surface area contributed by atoms with Crippen molar-refractivity contribution in [1.82, 2.24) is 30.4 Å². The zero-order valence-corrected chi connectivity index (χ0v) is 42.9. The molecule has 2 aliphatic rings. The number of unbranched alkanes of at least 4 members (excludes halogenated alkanes) is 1. The van der Waals surface area contributed by atoms with Gasteiger partial charge >= 0.3 is 0 Å². The Morgan fingerprint density at radius 1 is 0.944 bits per heavy atom. The van der Waals surface area contributed by atoms with Gasteiger partial charge in [-0.3, -0.25) is 19.3 Å². The second-order valence-electron chi connectivity index (χ2n) is 20.7. The molecule has 0 aliphatic carbocycles. The molecule has 17 heteroatoms. The number of aromatic amines is 1. The second kappa shape index (κ2) is 23.0. The molecule has 2 aromatic heterocycles. The molecule has 4 heterocycles. The number of fused-ring (bicyclic) bond motifs is 3. The summed E-state index contributed by atoms with van der Waals surface area (Å²) in [5.74, 6) is -2.80. The number of ether oxygens (including phenoxy) is 3. The van der Waals surface area contributed by atoms with Gasteiger partial charge in [-0.25, -0.2) is 18.2 Å². The largest absolute Gasteiger partial charge is 0.493 e. The van der Waals surface area contributed by atoms with E-state index in [0.29, 0.717) is 44.6 Å². The number of benzene rings is 3. The predicted molar refractivity (Wildman–Crippen MR) is 269 cm³/mol. The third-order valence-corrected chi connectivity index (χ3v) is 14.2. The monoisotopic (exact) mass is 1000 g/mol. The van der Waals surface area contributed by atoms with Crippen molar-refractivity contribution < 1.29 is 46.9 Å². The summed E-state index contributed by atoms with van der Waals surface area (Å²) >= 11 is 1.56. The number of aromatic nitrogens is 2. The van der Waals surface area contributed by atoms with Gasteiger partial charge in [0.15, 0.2) is 0 Å². The van der Waals surface area contributed by atoms with Crippen LogP contribution in [0.15, 0.2) is 66.2 Å². The molecule has 6 atom stereocenters. The number of alkyl halides is 1. The Balaban J connectivity index is 0.815. The molecule has 0 saturated carbocycles. The van der Waals surface area contributed by atoms with Gasteiger partial charge in [-0.2, -0.15) is 0 Å². The number of hydrogen-bond acceptors (Lipinski definition) is 10. The maximum Gasteiger partial charge on any atom is 0.246 e. The van der Waals surface area contributed by atoms with Crippen LogP contribution in [-0.2, 0) is 30.3 Å². The number of aryl methyl sites for hydroxylation is 1. The third-order valence-electron chi connectivity index (χ3n) is 13.2. The van der Waals surface area contributed by atoms with Gasteiger partial charge in [-0.05, 0) is 88.5 Å².